The van der Waals surface area contributed by atoms with Crippen LogP contribution in [0.3, 0.4) is 0 Å². The number of fused-ring (bicyclic) bond motifs is 1. The maximum absolute atomic E-state index is 13.1. The van der Waals surface area contributed by atoms with Crippen molar-refractivity contribution in [2.75, 3.05) is 24.0 Å². The summed E-state index contributed by atoms with van der Waals surface area (Å²) >= 11 is 5.92. The second kappa shape index (κ2) is 9.62. The summed E-state index contributed by atoms with van der Waals surface area (Å²) in [6, 6.07) is 19.3. The molecule has 2 N–H and O–H groups in total. The molecule has 0 atom stereocenters. The third-order valence-corrected chi connectivity index (χ3v) is 5.16. The number of hydrogen-bond donors (Lipinski definition) is 2. The number of esters is 1. The van der Waals surface area contributed by atoms with Crippen molar-refractivity contribution in [2.45, 2.75) is 6.92 Å². The highest BCUT2D eigenvalue weighted by molar-refractivity contribution is 6.30. The molecule has 4 aromatic rings. The van der Waals surface area contributed by atoms with Crippen LogP contribution in [0.5, 0.6) is 0 Å². The highest BCUT2D eigenvalue weighted by Gasteiger charge is 2.18. The first-order valence-corrected chi connectivity index (χ1v) is 10.6. The molecule has 0 radical (unpaired) electrons. The fraction of sp³-hybridized carbons (Fsp3) is 0.125. The van der Waals surface area contributed by atoms with Gasteiger partial charge in [-0.25, -0.2) is 4.79 Å². The van der Waals surface area contributed by atoms with Crippen molar-refractivity contribution >= 4 is 52.0 Å². The number of nitrogens with one attached hydrogen (secondary N) is 2. The Hall–Kier alpha value is -4.04. The molecule has 33 heavy (non-hydrogen) atoms. The van der Waals surface area contributed by atoms with Crippen LogP contribution in [0.4, 0.5) is 17.4 Å². The number of hydrazine groups is 1. The molecule has 0 aliphatic rings. The largest absolute Gasteiger partial charge is 0.465 e. The Morgan fingerprint density at radius 2 is 1.79 bits per heavy atom. The molecule has 0 fully saturated rings. The highest BCUT2D eigenvalue weighted by atomic mass is 35.5. The van der Waals surface area contributed by atoms with E-state index in [4.69, 9.17) is 20.8 Å². The number of hydrogen-bond acceptors (Lipinski definition) is 7. The number of aromatic nitrogens is 1. The van der Waals surface area contributed by atoms with E-state index in [0.29, 0.717) is 39.5 Å². The van der Waals surface area contributed by atoms with Gasteiger partial charge in [-0.3, -0.25) is 15.2 Å². The number of anilines is 3. The number of amides is 1. The molecule has 0 aliphatic carbocycles. The number of carbonyl (C=O) groups excluding carboxylic acids is 2. The zero-order chi connectivity index (χ0) is 23.4. The molecule has 3 aromatic carbocycles. The first kappa shape index (κ1) is 22.2. The van der Waals surface area contributed by atoms with Crippen molar-refractivity contribution in [1.82, 2.24) is 10.4 Å². The normalized spacial score (nSPS) is 10.6. The lowest BCUT2D eigenvalue weighted by Crippen LogP contribution is -2.42. The maximum atomic E-state index is 13.1. The highest BCUT2D eigenvalue weighted by Crippen LogP contribution is 2.26. The Balaban J connectivity index is 1.55. The molecule has 0 spiro atoms. The zero-order valence-electron chi connectivity index (χ0n) is 18.0. The lowest BCUT2D eigenvalue weighted by atomic mass is 10.2. The van der Waals surface area contributed by atoms with Crippen molar-refractivity contribution < 1.29 is 18.7 Å². The van der Waals surface area contributed by atoms with Crippen LogP contribution in [0.1, 0.15) is 27.6 Å². The Kier molecular flexibility index (Phi) is 6.46. The Labute approximate surface area is 195 Å². The van der Waals surface area contributed by atoms with Crippen molar-refractivity contribution in [3.05, 3.63) is 82.9 Å². The average Bonchev–Trinajstić information content (AvgIpc) is 3.26. The van der Waals surface area contributed by atoms with E-state index in [1.807, 2.05) is 6.92 Å². The van der Waals surface area contributed by atoms with E-state index in [1.54, 1.807) is 71.7 Å². The Morgan fingerprint density at radius 1 is 1.06 bits per heavy atom. The number of rotatable bonds is 7. The first-order chi connectivity index (χ1) is 16.0. The molecule has 1 heterocycles. The second-order valence-electron chi connectivity index (χ2n) is 7.03. The molecular formula is C24H21ClN4O4. The predicted molar refractivity (Wildman–Crippen MR) is 127 cm³/mol. The SMILES string of the molecule is CCN(NC(=O)c1cccc2nc(Nc3ccc(Cl)cc3)oc12)c1ccc(C(=O)OC)cc1. The van der Waals surface area contributed by atoms with E-state index in [0.717, 1.165) is 5.69 Å². The predicted octanol–water partition coefficient (Wildman–Crippen LogP) is 5.18. The summed E-state index contributed by atoms with van der Waals surface area (Å²) in [7, 11) is 1.33. The number of benzene rings is 3. The van der Waals surface area contributed by atoms with E-state index in [2.05, 4.69) is 15.7 Å². The van der Waals surface area contributed by atoms with Gasteiger partial charge < -0.3 is 14.5 Å². The molecule has 4 rings (SSSR count). The quantitative estimate of drug-likeness (QED) is 0.287. The van der Waals surface area contributed by atoms with E-state index in [1.165, 1.54) is 7.11 Å². The smallest absolute Gasteiger partial charge is 0.337 e. The summed E-state index contributed by atoms with van der Waals surface area (Å²) in [6.07, 6.45) is 0. The number of ether oxygens (including phenoxy) is 1. The molecule has 0 bridgehead atoms. The van der Waals surface area contributed by atoms with Crippen LogP contribution in [0, 0.1) is 0 Å². The topological polar surface area (TPSA) is 96.7 Å². The lowest BCUT2D eigenvalue weighted by Gasteiger charge is -2.24. The van der Waals surface area contributed by atoms with E-state index in [9.17, 15) is 9.59 Å². The zero-order valence-corrected chi connectivity index (χ0v) is 18.7. The summed E-state index contributed by atoms with van der Waals surface area (Å²) in [5, 5.41) is 5.36. The van der Waals surface area contributed by atoms with Gasteiger partial charge in [0, 0.05) is 17.3 Å². The van der Waals surface area contributed by atoms with Crippen molar-refractivity contribution in [1.29, 1.82) is 0 Å². The van der Waals surface area contributed by atoms with Gasteiger partial charge in [-0.15, -0.1) is 0 Å². The van der Waals surface area contributed by atoms with E-state index in [-0.39, 0.29) is 11.9 Å². The molecule has 8 nitrogen and oxygen atoms in total. The van der Waals surface area contributed by atoms with Gasteiger partial charge in [0.1, 0.15) is 5.52 Å². The maximum Gasteiger partial charge on any atom is 0.337 e. The van der Waals surface area contributed by atoms with Crippen LogP contribution < -0.4 is 15.8 Å². The van der Waals surface area contributed by atoms with Gasteiger partial charge in [0.25, 0.3) is 11.9 Å². The minimum absolute atomic E-state index is 0.262. The molecule has 0 saturated carbocycles. The van der Waals surface area contributed by atoms with Crippen LogP contribution in [-0.2, 0) is 4.74 Å². The first-order valence-electron chi connectivity index (χ1n) is 10.2. The monoisotopic (exact) mass is 464 g/mol. The average molecular weight is 465 g/mol. The number of methoxy groups -OCH3 is 1. The third kappa shape index (κ3) is 4.91. The molecule has 9 heteroatoms. The van der Waals surface area contributed by atoms with Gasteiger partial charge in [0.15, 0.2) is 5.58 Å². The van der Waals surface area contributed by atoms with Gasteiger partial charge in [0.2, 0.25) is 0 Å². The Morgan fingerprint density at radius 3 is 2.45 bits per heavy atom. The number of carbonyl (C=O) groups is 2. The van der Waals surface area contributed by atoms with Crippen molar-refractivity contribution in [3.8, 4) is 0 Å². The standard InChI is InChI=1S/C24H21ClN4O4/c1-3-29(18-13-7-15(8-14-18)23(31)32-2)28-22(30)19-5-4-6-20-21(19)33-24(27-20)26-17-11-9-16(25)10-12-17/h4-14H,3H2,1-2H3,(H,26,27)(H,28,30). The van der Waals surface area contributed by atoms with Crippen molar-refractivity contribution in [2.24, 2.45) is 0 Å². The summed E-state index contributed by atoms with van der Waals surface area (Å²) < 4.78 is 10.6. The van der Waals surface area contributed by atoms with Crippen LogP contribution in [0.2, 0.25) is 5.02 Å². The molecule has 1 amide bonds. The summed E-state index contributed by atoms with van der Waals surface area (Å²) in [5.74, 6) is -0.776. The van der Waals surface area contributed by atoms with Gasteiger partial charge in [-0.1, -0.05) is 17.7 Å². The lowest BCUT2D eigenvalue weighted by molar-refractivity contribution is 0.0600. The fourth-order valence-corrected chi connectivity index (χ4v) is 3.37. The minimum atomic E-state index is -0.423. The molecule has 0 unspecified atom stereocenters. The molecular weight excluding hydrogens is 444 g/mol. The number of nitrogens with zero attached hydrogens (tertiary/aromatic N) is 2. The summed E-state index contributed by atoms with van der Waals surface area (Å²) in [5.41, 5.74) is 6.02. The van der Waals surface area contributed by atoms with Crippen LogP contribution in [0.25, 0.3) is 11.1 Å². The third-order valence-electron chi connectivity index (χ3n) is 4.91. The summed E-state index contributed by atoms with van der Waals surface area (Å²) in [4.78, 5) is 29.1. The van der Waals surface area contributed by atoms with Gasteiger partial charge in [0.05, 0.1) is 23.9 Å². The van der Waals surface area contributed by atoms with Crippen LogP contribution in [-0.4, -0.2) is 30.5 Å². The van der Waals surface area contributed by atoms with Gasteiger partial charge in [-0.2, -0.15) is 4.98 Å². The fourth-order valence-electron chi connectivity index (χ4n) is 3.24. The van der Waals surface area contributed by atoms with E-state index < -0.39 is 5.97 Å². The van der Waals surface area contributed by atoms with Gasteiger partial charge >= 0.3 is 5.97 Å². The van der Waals surface area contributed by atoms with Crippen LogP contribution in [0.15, 0.2) is 71.1 Å². The molecule has 0 saturated heterocycles. The number of halogens is 1. The number of para-hydroxylation sites is 1. The second-order valence-corrected chi connectivity index (χ2v) is 7.46. The minimum Gasteiger partial charge on any atom is -0.465 e. The summed E-state index contributed by atoms with van der Waals surface area (Å²) in [6.45, 7) is 2.40. The Bertz CT molecular complexity index is 1290. The van der Waals surface area contributed by atoms with Gasteiger partial charge in [-0.05, 0) is 67.6 Å². The van der Waals surface area contributed by atoms with Crippen LogP contribution >= 0.6 is 11.6 Å². The molecule has 1 aromatic heterocycles. The van der Waals surface area contributed by atoms with Crippen molar-refractivity contribution in [3.63, 3.8) is 0 Å². The number of oxazole rings is 1. The molecule has 0 aliphatic heterocycles. The van der Waals surface area contributed by atoms with E-state index >= 15 is 0 Å². The molecule has 168 valence electrons.